The van der Waals surface area contributed by atoms with Crippen molar-refractivity contribution in [2.75, 3.05) is 0 Å². The van der Waals surface area contributed by atoms with Gasteiger partial charge in [-0.05, 0) is 48.9 Å². The van der Waals surface area contributed by atoms with Gasteiger partial charge in [0.05, 0.1) is 6.21 Å². The first-order chi connectivity index (χ1) is 14.1. The van der Waals surface area contributed by atoms with Crippen LogP contribution in [0.2, 0.25) is 0 Å². The van der Waals surface area contributed by atoms with Crippen LogP contribution in [0.3, 0.4) is 0 Å². The summed E-state index contributed by atoms with van der Waals surface area (Å²) in [5, 5.41) is 4.04. The molecule has 0 radical (unpaired) electrons. The van der Waals surface area contributed by atoms with Crippen LogP contribution < -0.4 is 14.9 Å². The van der Waals surface area contributed by atoms with Gasteiger partial charge in [-0.3, -0.25) is 4.79 Å². The summed E-state index contributed by atoms with van der Waals surface area (Å²) < 4.78 is 12.4. The van der Waals surface area contributed by atoms with E-state index in [0.29, 0.717) is 18.1 Å². The van der Waals surface area contributed by atoms with Crippen molar-refractivity contribution in [3.05, 3.63) is 94.5 Å². The quantitative estimate of drug-likeness (QED) is 0.388. The van der Waals surface area contributed by atoms with Gasteiger partial charge >= 0.3 is 0 Å². The summed E-state index contributed by atoms with van der Waals surface area (Å²) in [4.78, 5) is 12.2. The third-order valence-corrected chi connectivity index (χ3v) is 4.56. The van der Waals surface area contributed by atoms with E-state index in [4.69, 9.17) is 9.47 Å². The van der Waals surface area contributed by atoms with E-state index in [2.05, 4.69) is 26.5 Å². The van der Waals surface area contributed by atoms with Gasteiger partial charge in [0, 0.05) is 10.0 Å². The molecule has 0 aromatic heterocycles. The molecule has 0 aliphatic carbocycles. The Morgan fingerprint density at radius 2 is 1.72 bits per heavy atom. The number of ether oxygens (including phenoxy) is 2. The molecule has 0 saturated heterocycles. The van der Waals surface area contributed by atoms with Gasteiger partial charge in [-0.25, -0.2) is 5.43 Å². The molecule has 0 spiro atoms. The highest BCUT2D eigenvalue weighted by molar-refractivity contribution is 9.10. The zero-order valence-electron chi connectivity index (χ0n) is 15.9. The summed E-state index contributed by atoms with van der Waals surface area (Å²) in [5.41, 5.74) is 4.35. The summed E-state index contributed by atoms with van der Waals surface area (Å²) >= 11 is 3.36. The largest absolute Gasteiger partial charge is 0.488 e. The van der Waals surface area contributed by atoms with Crippen LogP contribution in [0.5, 0.6) is 11.5 Å². The number of nitrogens with zero attached hydrogens (tertiary/aromatic N) is 1. The summed E-state index contributed by atoms with van der Waals surface area (Å²) in [7, 11) is 0. The number of halogens is 1. The van der Waals surface area contributed by atoms with E-state index < -0.39 is 6.10 Å². The molecule has 29 heavy (non-hydrogen) atoms. The van der Waals surface area contributed by atoms with E-state index in [1.54, 1.807) is 25.3 Å². The molecule has 1 unspecified atom stereocenters. The number of benzene rings is 3. The number of rotatable bonds is 8. The lowest BCUT2D eigenvalue weighted by Crippen LogP contribution is -2.33. The summed E-state index contributed by atoms with van der Waals surface area (Å²) in [5.74, 6) is 0.958. The van der Waals surface area contributed by atoms with Crippen molar-refractivity contribution in [3.8, 4) is 11.5 Å². The molecule has 0 saturated carbocycles. The van der Waals surface area contributed by atoms with Crippen molar-refractivity contribution in [3.63, 3.8) is 0 Å². The third kappa shape index (κ3) is 6.47. The molecule has 6 heteroatoms. The molecule has 3 aromatic carbocycles. The summed E-state index contributed by atoms with van der Waals surface area (Å²) in [6, 6.07) is 24.7. The SMILES string of the molecule is CC(Oc1ccc(Br)cc1)C(=O)N/N=C/c1ccccc1OCc1ccccc1. The predicted molar refractivity (Wildman–Crippen MR) is 117 cm³/mol. The lowest BCUT2D eigenvalue weighted by molar-refractivity contribution is -0.127. The summed E-state index contributed by atoms with van der Waals surface area (Å²) in [6.07, 6.45) is 0.878. The second-order valence-electron chi connectivity index (χ2n) is 6.26. The monoisotopic (exact) mass is 452 g/mol. The van der Waals surface area contributed by atoms with E-state index >= 15 is 0 Å². The van der Waals surface area contributed by atoms with Crippen LogP contribution in [0.15, 0.2) is 88.4 Å². The van der Waals surface area contributed by atoms with Gasteiger partial charge in [-0.2, -0.15) is 5.10 Å². The molecule has 0 bridgehead atoms. The lowest BCUT2D eigenvalue weighted by atomic mass is 10.2. The highest BCUT2D eigenvalue weighted by Gasteiger charge is 2.13. The van der Waals surface area contributed by atoms with Crippen LogP contribution >= 0.6 is 15.9 Å². The number of hydrogen-bond donors (Lipinski definition) is 1. The van der Waals surface area contributed by atoms with Crippen molar-refractivity contribution in [2.45, 2.75) is 19.6 Å². The first kappa shape index (κ1) is 20.6. The number of para-hydroxylation sites is 1. The first-order valence-corrected chi connectivity index (χ1v) is 9.92. The molecule has 3 rings (SSSR count). The van der Waals surface area contributed by atoms with Gasteiger partial charge in [-0.15, -0.1) is 0 Å². The highest BCUT2D eigenvalue weighted by atomic mass is 79.9. The number of carbonyl (C=O) groups excluding carboxylic acids is 1. The smallest absolute Gasteiger partial charge is 0.280 e. The minimum atomic E-state index is -0.683. The van der Waals surface area contributed by atoms with Gasteiger partial charge in [-0.1, -0.05) is 58.4 Å². The number of amides is 1. The Kier molecular flexibility index (Phi) is 7.41. The lowest BCUT2D eigenvalue weighted by Gasteiger charge is -2.13. The van der Waals surface area contributed by atoms with Gasteiger partial charge in [0.15, 0.2) is 6.10 Å². The fourth-order valence-corrected chi connectivity index (χ4v) is 2.75. The standard InChI is InChI=1S/C23H21BrN2O3/c1-17(29-21-13-11-20(24)12-14-21)23(27)26-25-15-19-9-5-6-10-22(19)28-16-18-7-3-2-4-8-18/h2-15,17H,16H2,1H3,(H,26,27)/b25-15+. The van der Waals surface area contributed by atoms with Crippen LogP contribution in [0.25, 0.3) is 0 Å². The van der Waals surface area contributed by atoms with E-state index in [1.807, 2.05) is 66.7 Å². The Morgan fingerprint density at radius 3 is 2.48 bits per heavy atom. The molecule has 148 valence electrons. The molecule has 0 aliphatic heterocycles. The molecule has 0 aliphatic rings. The van der Waals surface area contributed by atoms with Gasteiger partial charge in [0.2, 0.25) is 0 Å². The Bertz CT molecular complexity index is 959. The first-order valence-electron chi connectivity index (χ1n) is 9.13. The minimum Gasteiger partial charge on any atom is -0.488 e. The number of carbonyl (C=O) groups is 1. The van der Waals surface area contributed by atoms with Crippen molar-refractivity contribution in [1.82, 2.24) is 5.43 Å². The second-order valence-corrected chi connectivity index (χ2v) is 7.18. The zero-order chi connectivity index (χ0) is 20.5. The molecule has 1 atom stereocenters. The average Bonchev–Trinajstić information content (AvgIpc) is 2.75. The van der Waals surface area contributed by atoms with Crippen molar-refractivity contribution in [2.24, 2.45) is 5.10 Å². The zero-order valence-corrected chi connectivity index (χ0v) is 17.5. The molecule has 3 aromatic rings. The van der Waals surface area contributed by atoms with Crippen LogP contribution in [0, 0.1) is 0 Å². The van der Waals surface area contributed by atoms with Gasteiger partial charge in [0.25, 0.3) is 5.91 Å². The van der Waals surface area contributed by atoms with Crippen molar-refractivity contribution in [1.29, 1.82) is 0 Å². The van der Waals surface area contributed by atoms with E-state index in [1.165, 1.54) is 0 Å². The van der Waals surface area contributed by atoms with Gasteiger partial charge in [0.1, 0.15) is 18.1 Å². The number of nitrogens with one attached hydrogen (secondary N) is 1. The molecule has 1 N–H and O–H groups in total. The van der Waals surface area contributed by atoms with Crippen molar-refractivity contribution >= 4 is 28.1 Å². The fraction of sp³-hybridized carbons (Fsp3) is 0.130. The number of hydrazone groups is 1. The summed E-state index contributed by atoms with van der Waals surface area (Å²) in [6.45, 7) is 2.12. The molecule has 0 heterocycles. The Hall–Kier alpha value is -3.12. The molecule has 5 nitrogen and oxygen atoms in total. The molecule has 0 fully saturated rings. The van der Waals surface area contributed by atoms with Crippen LogP contribution in [-0.2, 0) is 11.4 Å². The van der Waals surface area contributed by atoms with Crippen LogP contribution in [0.1, 0.15) is 18.1 Å². The Labute approximate surface area is 178 Å². The van der Waals surface area contributed by atoms with E-state index in [-0.39, 0.29) is 5.91 Å². The fourth-order valence-electron chi connectivity index (χ4n) is 2.48. The number of hydrogen-bond acceptors (Lipinski definition) is 4. The van der Waals surface area contributed by atoms with E-state index in [9.17, 15) is 4.79 Å². The molecular formula is C23H21BrN2O3. The maximum Gasteiger partial charge on any atom is 0.280 e. The second kappa shape index (κ2) is 10.4. The maximum atomic E-state index is 12.2. The third-order valence-electron chi connectivity index (χ3n) is 4.03. The molecule has 1 amide bonds. The maximum absolute atomic E-state index is 12.2. The van der Waals surface area contributed by atoms with Crippen LogP contribution in [0.4, 0.5) is 0 Å². The van der Waals surface area contributed by atoms with Crippen LogP contribution in [-0.4, -0.2) is 18.2 Å². The van der Waals surface area contributed by atoms with E-state index in [0.717, 1.165) is 15.6 Å². The topological polar surface area (TPSA) is 59.9 Å². The normalized spacial score (nSPS) is 11.8. The molecular weight excluding hydrogens is 432 g/mol. The Morgan fingerprint density at radius 1 is 1.03 bits per heavy atom. The van der Waals surface area contributed by atoms with Gasteiger partial charge < -0.3 is 9.47 Å². The predicted octanol–water partition coefficient (Wildman–Crippen LogP) is 4.95. The Balaban J connectivity index is 1.55. The van der Waals surface area contributed by atoms with Crippen molar-refractivity contribution < 1.29 is 14.3 Å². The minimum absolute atomic E-state index is 0.341. The average molecular weight is 453 g/mol. The highest BCUT2D eigenvalue weighted by Crippen LogP contribution is 2.18.